The van der Waals surface area contributed by atoms with Gasteiger partial charge in [0.2, 0.25) is 11.8 Å². The van der Waals surface area contributed by atoms with Gasteiger partial charge >= 0.3 is 12.1 Å². The highest BCUT2D eigenvalue weighted by Crippen LogP contribution is 2.45. The van der Waals surface area contributed by atoms with Crippen LogP contribution in [0.5, 0.6) is 0 Å². The van der Waals surface area contributed by atoms with Crippen molar-refractivity contribution >= 4 is 46.4 Å². The van der Waals surface area contributed by atoms with E-state index in [4.69, 9.17) is 19.2 Å². The second kappa shape index (κ2) is 22.6. The summed E-state index contributed by atoms with van der Waals surface area (Å²) in [5.41, 5.74) is 7.13. The topological polar surface area (TPSA) is 175 Å². The zero-order valence-electron chi connectivity index (χ0n) is 48.7. The minimum atomic E-state index is -4.58. The number of nitrogens with one attached hydrogen (secondary N) is 3. The monoisotopic (exact) mass is 1150 g/mol. The largest absolute Gasteiger partial charge is 0.464 e. The number of cyclic esters (lactones) is 1. The molecule has 8 fully saturated rings. The number of methoxy groups -OCH3 is 1. The molecule has 448 valence electrons. The van der Waals surface area contributed by atoms with E-state index in [2.05, 4.69) is 30.8 Å². The van der Waals surface area contributed by atoms with Crippen LogP contribution in [-0.2, 0) is 52.8 Å². The number of aromatic nitrogens is 1. The maximum Gasteiger partial charge on any atom is 0.406 e. The molecular weight excluding hydrogens is 1070 g/mol. The first kappa shape index (κ1) is 56.9. The summed E-state index contributed by atoms with van der Waals surface area (Å²) in [7, 11) is 1.60. The van der Waals surface area contributed by atoms with Crippen molar-refractivity contribution in [2.45, 2.75) is 171 Å². The van der Waals surface area contributed by atoms with Crippen LogP contribution >= 0.6 is 0 Å². The number of piperazine rings is 1. The zero-order chi connectivity index (χ0) is 57.5. The first-order valence-electron chi connectivity index (χ1n) is 31.0. The number of carbonyl (C=O) groups excluding carboxylic acids is 4. The average Bonchev–Trinajstić information content (AvgIpc) is 3.49. The molecule has 3 N–H and O–H groups in total. The SMILES string of the molecule is CO[C@@H](C)C1=C(c2c3c4cc(ccc4n2CC(F)(F)F)-c2cccc(c2)C[C@H](NC(=O)[C@H](C2CCCC2)N2CCOC4(CN(C(=O)[C@@H]5N[C@@H]5C5CC5)C4)C2)C(=O)N2CCC[C@H](N2)C(=O)OCC(C)(C)C3)CC(N2CCN(C3CC3)CC2)C=N1. The van der Waals surface area contributed by atoms with Gasteiger partial charge in [0.15, 0.2) is 0 Å². The molecule has 10 aliphatic rings. The summed E-state index contributed by atoms with van der Waals surface area (Å²) in [6, 6.07) is 11.8. The van der Waals surface area contributed by atoms with Gasteiger partial charge < -0.3 is 29.0 Å². The van der Waals surface area contributed by atoms with Crippen LogP contribution in [0, 0.1) is 17.3 Å². The summed E-state index contributed by atoms with van der Waals surface area (Å²) in [4.78, 5) is 72.4. The third-order valence-electron chi connectivity index (χ3n) is 19.9. The number of halogens is 3. The van der Waals surface area contributed by atoms with Crippen molar-refractivity contribution in [3.05, 3.63) is 65.0 Å². The van der Waals surface area contributed by atoms with Crippen molar-refractivity contribution in [2.75, 3.05) is 79.2 Å². The molecule has 3 aromatic rings. The van der Waals surface area contributed by atoms with Crippen molar-refractivity contribution in [2.24, 2.45) is 22.2 Å². The van der Waals surface area contributed by atoms with E-state index in [0.29, 0.717) is 104 Å². The van der Waals surface area contributed by atoms with Crippen molar-refractivity contribution in [3.63, 3.8) is 0 Å². The minimum absolute atomic E-state index is 0.0471. The number of rotatable bonds is 12. The van der Waals surface area contributed by atoms with Crippen molar-refractivity contribution in [1.82, 2.24) is 45.2 Å². The molecule has 1 aromatic heterocycles. The van der Waals surface area contributed by atoms with E-state index < -0.39 is 53.9 Å². The molecule has 3 amide bonds. The Morgan fingerprint density at radius 3 is 2.39 bits per heavy atom. The lowest BCUT2D eigenvalue weighted by atomic mass is 9.83. The minimum Gasteiger partial charge on any atom is -0.464 e. The molecule has 3 aliphatic carbocycles. The third kappa shape index (κ3) is 11.9. The molecule has 5 saturated heterocycles. The van der Waals surface area contributed by atoms with E-state index in [1.165, 1.54) is 35.3 Å². The van der Waals surface area contributed by atoms with Crippen LogP contribution in [0.3, 0.4) is 0 Å². The molecule has 6 bridgehead atoms. The summed E-state index contributed by atoms with van der Waals surface area (Å²) < 4.78 is 65.8. The molecule has 3 saturated carbocycles. The van der Waals surface area contributed by atoms with Crippen LogP contribution in [0.15, 0.2) is 53.2 Å². The molecule has 7 aliphatic heterocycles. The average molecular weight is 1150 g/mol. The van der Waals surface area contributed by atoms with Gasteiger partial charge in [0.1, 0.15) is 30.3 Å². The number of fused-ring (bicyclic) bond motifs is 6. The summed E-state index contributed by atoms with van der Waals surface area (Å²) in [6.45, 7) is 10.8. The lowest BCUT2D eigenvalue weighted by Crippen LogP contribution is -2.73. The molecule has 2 aromatic carbocycles. The van der Waals surface area contributed by atoms with Gasteiger partial charge in [-0.05, 0) is 117 Å². The number of likely N-dealkylation sites (tertiary alicyclic amines) is 1. The van der Waals surface area contributed by atoms with Crippen molar-refractivity contribution in [1.29, 1.82) is 0 Å². The molecule has 1 spiro atoms. The Hall–Kier alpha value is -5.22. The Morgan fingerprint density at radius 1 is 0.892 bits per heavy atom. The first-order valence-corrected chi connectivity index (χ1v) is 31.0. The van der Waals surface area contributed by atoms with Gasteiger partial charge in [0, 0.05) is 106 Å². The van der Waals surface area contributed by atoms with Crippen molar-refractivity contribution < 1.29 is 46.6 Å². The molecular formula is C63H83F3N10O7. The smallest absolute Gasteiger partial charge is 0.406 e. The summed E-state index contributed by atoms with van der Waals surface area (Å²) >= 11 is 0. The number of nitrogens with zero attached hydrogens (tertiary/aromatic N) is 7. The van der Waals surface area contributed by atoms with Gasteiger partial charge in [-0.2, -0.15) is 13.2 Å². The first-order chi connectivity index (χ1) is 39.9. The predicted molar refractivity (Wildman–Crippen MR) is 308 cm³/mol. The standard InChI is InChI=1S/C63H83F3N10O7/c1-38(81-4)52-47(30-45(32-67-52)72-23-21-71(22-24-72)44-17-18-44)56-48-31-61(2,3)37-82-60(80)49-13-8-20-76(70-49)58(78)50(28-39-9-7-12-42(27-39)43-16-19-51(46(48)29-43)75(56)36-63(64,65)66)68-57(77)55(41-10-5-6-11-41)73-25-26-83-62(33-73)34-74(35-62)59(79)54-53(69-54)40-14-15-40/h7,9,12,16,19,27,29,32,38,40-41,44-45,49-50,53-55,69-70H,5-6,8,10-11,13-15,17-18,20-26,28,30-31,33-37H2,1-4H3,(H,68,77)/t38-,45?,49-,50-,53+,54+,55-/m0/s1. The number of morpholine rings is 1. The number of esters is 1. The Bertz CT molecular complexity index is 3040. The number of hydrogen-bond acceptors (Lipinski definition) is 13. The lowest BCUT2D eigenvalue weighted by Gasteiger charge is -2.55. The Morgan fingerprint density at radius 2 is 1.65 bits per heavy atom. The van der Waals surface area contributed by atoms with Gasteiger partial charge in [-0.3, -0.25) is 49.2 Å². The van der Waals surface area contributed by atoms with Crippen LogP contribution in [0.4, 0.5) is 13.2 Å². The quantitative estimate of drug-likeness (QED) is 0.141. The van der Waals surface area contributed by atoms with E-state index in [0.717, 1.165) is 68.6 Å². The van der Waals surface area contributed by atoms with Crippen LogP contribution in [0.1, 0.15) is 108 Å². The fraction of sp³-hybridized carbons (Fsp3) is 0.667. The highest BCUT2D eigenvalue weighted by molar-refractivity contribution is 5.96. The molecule has 83 heavy (non-hydrogen) atoms. The normalized spacial score (nSPS) is 29.2. The van der Waals surface area contributed by atoms with E-state index >= 15 is 22.8 Å². The van der Waals surface area contributed by atoms with Crippen LogP contribution < -0.4 is 16.1 Å². The number of carbonyl (C=O) groups is 4. The summed E-state index contributed by atoms with van der Waals surface area (Å²) in [5, 5.41) is 8.83. The van der Waals surface area contributed by atoms with E-state index in [-0.39, 0.29) is 61.2 Å². The number of benzene rings is 2. The highest BCUT2D eigenvalue weighted by Gasteiger charge is 2.58. The molecule has 20 heteroatoms. The zero-order valence-corrected chi connectivity index (χ0v) is 48.7. The third-order valence-corrected chi connectivity index (χ3v) is 19.9. The van der Waals surface area contributed by atoms with Gasteiger partial charge in [-0.25, -0.2) is 5.43 Å². The summed E-state index contributed by atoms with van der Waals surface area (Å²) in [6.07, 6.45) is 7.19. The Labute approximate surface area is 485 Å². The molecule has 17 nitrogen and oxygen atoms in total. The predicted octanol–water partition coefficient (Wildman–Crippen LogP) is 6.11. The molecule has 13 rings (SSSR count). The number of amides is 3. The van der Waals surface area contributed by atoms with E-state index in [1.807, 2.05) is 68.3 Å². The molecule has 8 heterocycles. The Balaban J connectivity index is 0.843. The Kier molecular flexibility index (Phi) is 15.5. The van der Waals surface area contributed by atoms with Crippen molar-refractivity contribution in [3.8, 4) is 11.1 Å². The second-order valence-electron chi connectivity index (χ2n) is 26.8. The van der Waals surface area contributed by atoms with E-state index in [1.54, 1.807) is 13.2 Å². The van der Waals surface area contributed by atoms with Crippen LogP contribution in [0.2, 0.25) is 0 Å². The van der Waals surface area contributed by atoms with Gasteiger partial charge in [0.05, 0.1) is 49.8 Å². The highest BCUT2D eigenvalue weighted by atomic mass is 19.4. The maximum atomic E-state index is 15.3. The van der Waals surface area contributed by atoms with Gasteiger partial charge in [-0.1, -0.05) is 57.0 Å². The number of hydrogen-bond donors (Lipinski definition) is 3. The lowest BCUT2D eigenvalue weighted by molar-refractivity contribution is -0.197. The van der Waals surface area contributed by atoms with Gasteiger partial charge in [-0.15, -0.1) is 0 Å². The van der Waals surface area contributed by atoms with E-state index in [9.17, 15) is 9.59 Å². The van der Waals surface area contributed by atoms with Crippen LogP contribution in [-0.4, -0.2) is 198 Å². The number of ether oxygens (including phenoxy) is 3. The molecule has 7 atom stereocenters. The van der Waals surface area contributed by atoms with Gasteiger partial charge in [0.25, 0.3) is 5.91 Å². The molecule has 0 radical (unpaired) electrons. The fourth-order valence-corrected chi connectivity index (χ4v) is 15.1. The van der Waals surface area contributed by atoms with Crippen LogP contribution in [0.25, 0.3) is 27.6 Å². The molecule has 1 unspecified atom stereocenters. The fourth-order valence-electron chi connectivity index (χ4n) is 15.1. The second-order valence-corrected chi connectivity index (χ2v) is 26.8. The number of alkyl halides is 3. The number of aliphatic imine (C=N–C) groups is 1. The number of hydrazine groups is 1. The summed E-state index contributed by atoms with van der Waals surface area (Å²) in [5.74, 6) is -0.338. The maximum absolute atomic E-state index is 15.3.